The fourth-order valence-electron chi connectivity index (χ4n) is 3.84. The van der Waals surface area contributed by atoms with Gasteiger partial charge in [0.05, 0.1) is 0 Å². The molecule has 0 aromatic heterocycles. The van der Waals surface area contributed by atoms with Crippen LogP contribution in [-0.4, -0.2) is 11.8 Å². The molecule has 0 aliphatic heterocycles. The molecule has 108 valence electrons. The first kappa shape index (κ1) is 14.4. The van der Waals surface area contributed by atoms with Crippen molar-refractivity contribution >= 4 is 11.8 Å². The van der Waals surface area contributed by atoms with Gasteiger partial charge in [-0.1, -0.05) is 0 Å². The summed E-state index contributed by atoms with van der Waals surface area (Å²) in [5.41, 5.74) is 10.7. The first-order valence-electron chi connectivity index (χ1n) is 7.65. The molecule has 2 aliphatic rings. The average Bonchev–Trinajstić information content (AvgIpc) is 2.40. The first-order valence-corrected chi connectivity index (χ1v) is 7.65. The van der Waals surface area contributed by atoms with E-state index in [0.29, 0.717) is 0 Å². The minimum absolute atomic E-state index is 0.113. The van der Waals surface area contributed by atoms with E-state index in [9.17, 15) is 9.59 Å². The Hall–Kier alpha value is -1.06. The second-order valence-electron chi connectivity index (χ2n) is 6.48. The number of carbonyl (C=O) groups is 2. The standard InChI is InChI=1S/C15H26N2O2/c16-14(18)12-5-1-10(2-6-12)9-11-3-7-13(8-4-11)15(17)19/h10-13H,1-9H2,(H2,16,18)(H2,17,19). The van der Waals surface area contributed by atoms with Crippen LogP contribution in [0.4, 0.5) is 0 Å². The Kier molecular flexibility index (Phi) is 4.83. The van der Waals surface area contributed by atoms with Crippen molar-refractivity contribution < 1.29 is 9.59 Å². The third kappa shape index (κ3) is 3.95. The van der Waals surface area contributed by atoms with Crippen LogP contribution in [0.15, 0.2) is 0 Å². The number of hydrogen-bond donors (Lipinski definition) is 2. The second-order valence-corrected chi connectivity index (χ2v) is 6.48. The average molecular weight is 266 g/mol. The number of rotatable bonds is 4. The van der Waals surface area contributed by atoms with E-state index >= 15 is 0 Å². The van der Waals surface area contributed by atoms with Gasteiger partial charge >= 0.3 is 0 Å². The monoisotopic (exact) mass is 266 g/mol. The molecular formula is C15H26N2O2. The molecule has 2 amide bonds. The van der Waals surface area contributed by atoms with Crippen LogP contribution >= 0.6 is 0 Å². The highest BCUT2D eigenvalue weighted by molar-refractivity contribution is 5.77. The molecule has 0 aromatic carbocycles. The van der Waals surface area contributed by atoms with Gasteiger partial charge in [-0.05, 0) is 69.6 Å². The van der Waals surface area contributed by atoms with Gasteiger partial charge in [0.25, 0.3) is 0 Å². The Balaban J connectivity index is 1.69. The molecule has 0 spiro atoms. The SMILES string of the molecule is NC(=O)C1CCC(CC2CCC(C(N)=O)CC2)CC1. The van der Waals surface area contributed by atoms with Gasteiger partial charge in [0.2, 0.25) is 11.8 Å². The van der Waals surface area contributed by atoms with Crippen LogP contribution in [0.5, 0.6) is 0 Å². The molecule has 0 radical (unpaired) electrons. The predicted octanol–water partition coefficient (Wildman–Crippen LogP) is 1.96. The Labute approximate surface area is 115 Å². The van der Waals surface area contributed by atoms with Crippen LogP contribution in [0.25, 0.3) is 0 Å². The van der Waals surface area contributed by atoms with Crippen LogP contribution in [0, 0.1) is 23.7 Å². The van der Waals surface area contributed by atoms with E-state index < -0.39 is 0 Å². The van der Waals surface area contributed by atoms with Crippen molar-refractivity contribution in [3.05, 3.63) is 0 Å². The first-order chi connectivity index (χ1) is 9.06. The molecule has 0 bridgehead atoms. The van der Waals surface area contributed by atoms with E-state index in [4.69, 9.17) is 11.5 Å². The van der Waals surface area contributed by atoms with Crippen molar-refractivity contribution in [3.8, 4) is 0 Å². The summed E-state index contributed by atoms with van der Waals surface area (Å²) in [6, 6.07) is 0. The smallest absolute Gasteiger partial charge is 0.220 e. The number of amides is 2. The van der Waals surface area contributed by atoms with Crippen molar-refractivity contribution in [2.45, 2.75) is 57.8 Å². The highest BCUT2D eigenvalue weighted by Crippen LogP contribution is 2.38. The summed E-state index contributed by atoms with van der Waals surface area (Å²) in [5.74, 6) is 1.49. The normalized spacial score (nSPS) is 35.8. The van der Waals surface area contributed by atoms with Gasteiger partial charge in [0.1, 0.15) is 0 Å². The lowest BCUT2D eigenvalue weighted by Gasteiger charge is -2.32. The molecule has 0 atom stereocenters. The Bertz CT molecular complexity index is 295. The maximum Gasteiger partial charge on any atom is 0.220 e. The molecule has 2 rings (SSSR count). The van der Waals surface area contributed by atoms with E-state index in [0.717, 1.165) is 63.2 Å². The summed E-state index contributed by atoms with van der Waals surface area (Å²) >= 11 is 0. The van der Waals surface area contributed by atoms with Crippen molar-refractivity contribution in [3.63, 3.8) is 0 Å². The van der Waals surface area contributed by atoms with Crippen LogP contribution in [0.3, 0.4) is 0 Å². The molecule has 4 N–H and O–H groups in total. The van der Waals surface area contributed by atoms with Gasteiger partial charge in [-0.25, -0.2) is 0 Å². The number of carbonyl (C=O) groups excluding carboxylic acids is 2. The van der Waals surface area contributed by atoms with E-state index in [1.807, 2.05) is 0 Å². The van der Waals surface area contributed by atoms with E-state index in [-0.39, 0.29) is 23.7 Å². The third-order valence-corrected chi connectivity index (χ3v) is 5.16. The molecule has 0 aromatic rings. The zero-order valence-corrected chi connectivity index (χ0v) is 11.6. The van der Waals surface area contributed by atoms with Crippen molar-refractivity contribution in [2.75, 3.05) is 0 Å². The fraction of sp³-hybridized carbons (Fsp3) is 0.867. The third-order valence-electron chi connectivity index (χ3n) is 5.16. The summed E-state index contributed by atoms with van der Waals surface area (Å²) < 4.78 is 0. The summed E-state index contributed by atoms with van der Waals surface area (Å²) in [5, 5.41) is 0. The lowest BCUT2D eigenvalue weighted by molar-refractivity contribution is -0.123. The van der Waals surface area contributed by atoms with E-state index in [2.05, 4.69) is 0 Å². The van der Waals surface area contributed by atoms with Crippen LogP contribution in [0.2, 0.25) is 0 Å². The van der Waals surface area contributed by atoms with Crippen LogP contribution < -0.4 is 11.5 Å². The summed E-state index contributed by atoms with van der Waals surface area (Å²) in [4.78, 5) is 22.3. The maximum atomic E-state index is 11.1. The van der Waals surface area contributed by atoms with Gasteiger partial charge in [-0.2, -0.15) is 0 Å². The minimum atomic E-state index is -0.125. The zero-order chi connectivity index (χ0) is 13.8. The molecule has 19 heavy (non-hydrogen) atoms. The second kappa shape index (κ2) is 6.40. The van der Waals surface area contributed by atoms with Gasteiger partial charge in [-0.15, -0.1) is 0 Å². The molecule has 2 aliphatic carbocycles. The molecular weight excluding hydrogens is 240 g/mol. The minimum Gasteiger partial charge on any atom is -0.369 e. The molecule has 2 fully saturated rings. The summed E-state index contributed by atoms with van der Waals surface area (Å²) in [6.07, 6.45) is 9.71. The lowest BCUT2D eigenvalue weighted by Crippen LogP contribution is -2.30. The van der Waals surface area contributed by atoms with E-state index in [1.54, 1.807) is 0 Å². The molecule has 4 nitrogen and oxygen atoms in total. The van der Waals surface area contributed by atoms with E-state index in [1.165, 1.54) is 6.42 Å². The number of nitrogens with two attached hydrogens (primary N) is 2. The predicted molar refractivity (Wildman–Crippen MR) is 73.9 cm³/mol. The molecule has 4 heteroatoms. The van der Waals surface area contributed by atoms with Crippen LogP contribution in [0.1, 0.15) is 57.8 Å². The largest absolute Gasteiger partial charge is 0.369 e. The fourth-order valence-corrected chi connectivity index (χ4v) is 3.84. The number of hydrogen-bond acceptors (Lipinski definition) is 2. The molecule has 0 heterocycles. The summed E-state index contributed by atoms with van der Waals surface area (Å²) in [6.45, 7) is 0. The Morgan fingerprint density at radius 3 is 1.26 bits per heavy atom. The molecule has 0 saturated heterocycles. The van der Waals surface area contributed by atoms with Gasteiger partial charge in [0.15, 0.2) is 0 Å². The molecule has 2 saturated carbocycles. The quantitative estimate of drug-likeness (QED) is 0.815. The topological polar surface area (TPSA) is 86.2 Å². The van der Waals surface area contributed by atoms with Gasteiger partial charge in [0, 0.05) is 11.8 Å². The zero-order valence-electron chi connectivity index (χ0n) is 11.6. The number of primary amides is 2. The van der Waals surface area contributed by atoms with Crippen molar-refractivity contribution in [2.24, 2.45) is 35.1 Å². The summed E-state index contributed by atoms with van der Waals surface area (Å²) in [7, 11) is 0. The lowest BCUT2D eigenvalue weighted by atomic mass is 9.73. The highest BCUT2D eigenvalue weighted by Gasteiger charge is 2.29. The maximum absolute atomic E-state index is 11.1. The van der Waals surface area contributed by atoms with Gasteiger partial charge < -0.3 is 11.5 Å². The van der Waals surface area contributed by atoms with Crippen molar-refractivity contribution in [1.82, 2.24) is 0 Å². The van der Waals surface area contributed by atoms with Gasteiger partial charge in [-0.3, -0.25) is 9.59 Å². The molecule has 0 unspecified atom stereocenters. The Morgan fingerprint density at radius 2 is 1.00 bits per heavy atom. The highest BCUT2D eigenvalue weighted by atomic mass is 16.1. The van der Waals surface area contributed by atoms with Crippen LogP contribution in [-0.2, 0) is 9.59 Å². The van der Waals surface area contributed by atoms with Crippen molar-refractivity contribution in [1.29, 1.82) is 0 Å². The Morgan fingerprint density at radius 1 is 0.684 bits per heavy atom.